The van der Waals surface area contributed by atoms with Gasteiger partial charge in [-0.2, -0.15) is 0 Å². The molecule has 0 radical (unpaired) electrons. The summed E-state index contributed by atoms with van der Waals surface area (Å²) in [6.07, 6.45) is 1.26. The third kappa shape index (κ3) is 2.18. The minimum absolute atomic E-state index is 0.221. The smallest absolute Gasteiger partial charge is 0.0480 e. The molecule has 2 aromatic rings. The van der Waals surface area contributed by atoms with Gasteiger partial charge in [0, 0.05) is 36.1 Å². The molecular formula is C17H24N2. The molecule has 1 saturated heterocycles. The molecule has 1 aliphatic rings. The monoisotopic (exact) mass is 256 g/mol. The van der Waals surface area contributed by atoms with Gasteiger partial charge in [-0.1, -0.05) is 26.8 Å². The number of rotatable bonds is 1. The van der Waals surface area contributed by atoms with Crippen molar-refractivity contribution in [3.8, 4) is 0 Å². The minimum atomic E-state index is 0.221. The molecule has 1 fully saturated rings. The normalized spacial score (nSPS) is 20.3. The minimum Gasteiger partial charge on any atom is -0.347 e. The number of nitrogens with one attached hydrogen (secondary N) is 1. The Hall–Kier alpha value is -1.28. The van der Waals surface area contributed by atoms with Crippen molar-refractivity contribution in [2.75, 3.05) is 13.1 Å². The number of hydrogen-bond donors (Lipinski definition) is 1. The first-order valence-electron chi connectivity index (χ1n) is 7.27. The first-order chi connectivity index (χ1) is 8.97. The number of fused-ring (bicyclic) bond motifs is 1. The topological polar surface area (TPSA) is 17.0 Å². The van der Waals surface area contributed by atoms with Gasteiger partial charge in [-0.3, -0.25) is 0 Å². The van der Waals surface area contributed by atoms with E-state index in [0.29, 0.717) is 5.92 Å². The molecule has 0 aliphatic carbocycles. The van der Waals surface area contributed by atoms with E-state index in [0.717, 1.165) is 13.1 Å². The molecule has 0 bridgehead atoms. The van der Waals surface area contributed by atoms with Gasteiger partial charge in [-0.05, 0) is 42.1 Å². The zero-order valence-electron chi connectivity index (χ0n) is 12.5. The van der Waals surface area contributed by atoms with E-state index < -0.39 is 0 Å². The predicted octanol–water partition coefficient (Wildman–Crippen LogP) is 3.55. The zero-order chi connectivity index (χ0) is 13.6. The fourth-order valence-corrected chi connectivity index (χ4v) is 3.14. The lowest BCUT2D eigenvalue weighted by Gasteiger charge is -2.19. The molecule has 2 nitrogen and oxygen atoms in total. The molecule has 1 unspecified atom stereocenters. The third-order valence-electron chi connectivity index (χ3n) is 4.42. The summed E-state index contributed by atoms with van der Waals surface area (Å²) in [4.78, 5) is 0. The Morgan fingerprint density at radius 2 is 2.00 bits per heavy atom. The molecule has 19 heavy (non-hydrogen) atoms. The highest BCUT2D eigenvalue weighted by atomic mass is 15.0. The Labute approximate surface area is 115 Å². The Morgan fingerprint density at radius 3 is 2.63 bits per heavy atom. The van der Waals surface area contributed by atoms with Gasteiger partial charge in [0.1, 0.15) is 0 Å². The van der Waals surface area contributed by atoms with Crippen molar-refractivity contribution in [2.45, 2.75) is 38.5 Å². The van der Waals surface area contributed by atoms with Crippen molar-refractivity contribution < 1.29 is 0 Å². The summed E-state index contributed by atoms with van der Waals surface area (Å²) in [5.74, 6) is 0.676. The van der Waals surface area contributed by atoms with Crippen LogP contribution in [0.25, 0.3) is 10.9 Å². The van der Waals surface area contributed by atoms with Crippen LogP contribution in [0.4, 0.5) is 0 Å². The van der Waals surface area contributed by atoms with E-state index in [1.807, 2.05) is 0 Å². The fourth-order valence-electron chi connectivity index (χ4n) is 3.14. The zero-order valence-corrected chi connectivity index (χ0v) is 12.5. The van der Waals surface area contributed by atoms with Gasteiger partial charge < -0.3 is 9.88 Å². The molecular weight excluding hydrogens is 232 g/mol. The van der Waals surface area contributed by atoms with E-state index in [1.165, 1.54) is 28.6 Å². The van der Waals surface area contributed by atoms with Crippen LogP contribution in [-0.2, 0) is 12.5 Å². The van der Waals surface area contributed by atoms with E-state index in [1.54, 1.807) is 0 Å². The van der Waals surface area contributed by atoms with Crippen molar-refractivity contribution in [1.82, 2.24) is 9.88 Å². The Balaban J connectivity index is 2.09. The summed E-state index contributed by atoms with van der Waals surface area (Å²) in [6.45, 7) is 9.10. The lowest BCUT2D eigenvalue weighted by molar-refractivity contribution is 0.591. The maximum Gasteiger partial charge on any atom is 0.0480 e. The van der Waals surface area contributed by atoms with Crippen LogP contribution in [0.2, 0.25) is 0 Å². The van der Waals surface area contributed by atoms with E-state index in [-0.39, 0.29) is 5.41 Å². The van der Waals surface area contributed by atoms with E-state index >= 15 is 0 Å². The van der Waals surface area contributed by atoms with Crippen molar-refractivity contribution >= 4 is 10.9 Å². The number of benzene rings is 1. The highest BCUT2D eigenvalue weighted by Gasteiger charge is 2.21. The van der Waals surface area contributed by atoms with Crippen molar-refractivity contribution in [3.63, 3.8) is 0 Å². The molecule has 1 N–H and O–H groups in total. The van der Waals surface area contributed by atoms with Gasteiger partial charge in [-0.15, -0.1) is 0 Å². The Bertz CT molecular complexity index is 595. The van der Waals surface area contributed by atoms with Crippen LogP contribution < -0.4 is 5.32 Å². The van der Waals surface area contributed by atoms with E-state index in [4.69, 9.17) is 0 Å². The standard InChI is InChI=1S/C17H24N2/c1-17(2,3)14-5-6-15-13(9-14)10-16(19(15)4)12-7-8-18-11-12/h5-6,9-10,12,18H,7-8,11H2,1-4H3. The molecule has 2 heteroatoms. The number of aryl methyl sites for hydroxylation is 1. The average molecular weight is 256 g/mol. The van der Waals surface area contributed by atoms with E-state index in [2.05, 4.69) is 62.0 Å². The first-order valence-corrected chi connectivity index (χ1v) is 7.27. The lowest BCUT2D eigenvalue weighted by atomic mass is 9.86. The van der Waals surface area contributed by atoms with Gasteiger partial charge in [-0.25, -0.2) is 0 Å². The van der Waals surface area contributed by atoms with Crippen molar-refractivity contribution in [1.29, 1.82) is 0 Å². The molecule has 3 rings (SSSR count). The largest absolute Gasteiger partial charge is 0.347 e. The van der Waals surface area contributed by atoms with Crippen LogP contribution in [0.3, 0.4) is 0 Å². The Kier molecular flexibility index (Phi) is 2.94. The highest BCUT2D eigenvalue weighted by Crippen LogP contribution is 2.31. The second-order valence-electron chi connectivity index (χ2n) is 6.84. The fraction of sp³-hybridized carbons (Fsp3) is 0.529. The maximum absolute atomic E-state index is 3.46. The quantitative estimate of drug-likeness (QED) is 0.825. The number of nitrogens with zero attached hydrogens (tertiary/aromatic N) is 1. The van der Waals surface area contributed by atoms with Crippen molar-refractivity contribution in [2.24, 2.45) is 7.05 Å². The summed E-state index contributed by atoms with van der Waals surface area (Å²) >= 11 is 0. The van der Waals surface area contributed by atoms with Crippen LogP contribution in [0.1, 0.15) is 44.4 Å². The second kappa shape index (κ2) is 4.38. The van der Waals surface area contributed by atoms with Gasteiger partial charge in [0.2, 0.25) is 0 Å². The van der Waals surface area contributed by atoms with Gasteiger partial charge >= 0.3 is 0 Å². The molecule has 0 spiro atoms. The molecule has 0 saturated carbocycles. The molecule has 2 heterocycles. The summed E-state index contributed by atoms with van der Waals surface area (Å²) < 4.78 is 2.37. The summed E-state index contributed by atoms with van der Waals surface area (Å²) in [5, 5.41) is 4.85. The molecule has 1 aromatic carbocycles. The van der Waals surface area contributed by atoms with Crippen LogP contribution in [0.15, 0.2) is 24.3 Å². The van der Waals surface area contributed by atoms with Crippen LogP contribution in [0, 0.1) is 0 Å². The molecule has 1 aliphatic heterocycles. The highest BCUT2D eigenvalue weighted by molar-refractivity contribution is 5.82. The summed E-state index contributed by atoms with van der Waals surface area (Å²) in [7, 11) is 2.20. The molecule has 1 atom stereocenters. The molecule has 102 valence electrons. The van der Waals surface area contributed by atoms with E-state index in [9.17, 15) is 0 Å². The second-order valence-corrected chi connectivity index (χ2v) is 6.84. The van der Waals surface area contributed by atoms with Crippen LogP contribution in [0.5, 0.6) is 0 Å². The third-order valence-corrected chi connectivity index (χ3v) is 4.42. The first kappa shape index (κ1) is 12.7. The maximum atomic E-state index is 3.46. The molecule has 1 aromatic heterocycles. The lowest BCUT2D eigenvalue weighted by Crippen LogP contribution is -2.10. The number of aromatic nitrogens is 1. The summed E-state index contributed by atoms with van der Waals surface area (Å²) in [5.41, 5.74) is 4.47. The molecule has 0 amide bonds. The Morgan fingerprint density at radius 1 is 1.21 bits per heavy atom. The van der Waals surface area contributed by atoms with Gasteiger partial charge in [0.15, 0.2) is 0 Å². The van der Waals surface area contributed by atoms with Crippen LogP contribution in [-0.4, -0.2) is 17.7 Å². The SMILES string of the molecule is Cn1c(C2CCNC2)cc2cc(C(C)(C)C)ccc21. The van der Waals surface area contributed by atoms with Gasteiger partial charge in [0.05, 0.1) is 0 Å². The predicted molar refractivity (Wildman–Crippen MR) is 81.8 cm³/mol. The number of hydrogen-bond acceptors (Lipinski definition) is 1. The van der Waals surface area contributed by atoms with Crippen LogP contribution >= 0.6 is 0 Å². The summed E-state index contributed by atoms with van der Waals surface area (Å²) in [6, 6.07) is 9.31. The average Bonchev–Trinajstić information content (AvgIpc) is 2.96. The van der Waals surface area contributed by atoms with Crippen molar-refractivity contribution in [3.05, 3.63) is 35.5 Å². The van der Waals surface area contributed by atoms with Gasteiger partial charge in [0.25, 0.3) is 0 Å².